The van der Waals surface area contributed by atoms with Crippen LogP contribution in [0.4, 0.5) is 5.69 Å². The number of hydrogen-bond acceptors (Lipinski definition) is 1. The van der Waals surface area contributed by atoms with E-state index in [1.807, 2.05) is 0 Å². The van der Waals surface area contributed by atoms with Crippen LogP contribution in [0.25, 0.3) is 6.08 Å². The first kappa shape index (κ1) is 15.5. The average molecular weight is 298 g/mol. The highest BCUT2D eigenvalue weighted by molar-refractivity contribution is 6.07. The van der Waals surface area contributed by atoms with Crippen molar-refractivity contribution in [1.29, 1.82) is 0 Å². The molecule has 2 atom stereocenters. The number of allylic oxidation sites excluding steroid dienone is 1. The van der Waals surface area contributed by atoms with Crippen molar-refractivity contribution in [2.24, 2.45) is 16.7 Å². The number of carbonyl (C=O) groups excluding carboxylic acids is 1. The Labute approximate surface area is 134 Å². The van der Waals surface area contributed by atoms with Crippen molar-refractivity contribution in [3.8, 4) is 0 Å². The Hall–Kier alpha value is -1.41. The van der Waals surface area contributed by atoms with Crippen LogP contribution in [0.15, 0.2) is 29.8 Å². The maximum absolute atomic E-state index is 12.9. The molecule has 2 unspecified atom stereocenters. The first-order valence-electron chi connectivity index (χ1n) is 8.26. The van der Waals surface area contributed by atoms with Gasteiger partial charge in [-0.2, -0.15) is 0 Å². The van der Waals surface area contributed by atoms with E-state index in [0.717, 1.165) is 28.5 Å². The summed E-state index contributed by atoms with van der Waals surface area (Å²) >= 11 is 0. The molecule has 0 radical (unpaired) electrons. The number of hydrogen-bond donors (Lipinski definition) is 0. The Morgan fingerprint density at radius 3 is 2.14 bits per heavy atom. The zero-order chi connectivity index (χ0) is 16.3. The normalized spacial score (nSPS) is 32.0. The number of carbonyl (C=O) groups is 1. The van der Waals surface area contributed by atoms with Gasteiger partial charge in [0.2, 0.25) is 0 Å². The Morgan fingerprint density at radius 2 is 1.68 bits per heavy atom. The van der Waals surface area contributed by atoms with Gasteiger partial charge in [0.25, 0.3) is 0 Å². The highest BCUT2D eigenvalue weighted by Gasteiger charge is 2.63. The molecule has 0 aromatic heterocycles. The van der Waals surface area contributed by atoms with Crippen molar-refractivity contribution in [2.75, 3.05) is 21.1 Å². The SMILES string of the molecule is CC12CCC(/C(=C/c3ccc([N+](C)(C)C)cc3)C1=O)C2(C)C. The maximum Gasteiger partial charge on any atom is 0.165 e. The summed E-state index contributed by atoms with van der Waals surface area (Å²) in [6.07, 6.45) is 4.33. The molecule has 1 aromatic rings. The number of nitrogens with zero attached hydrogens (tertiary/aromatic N) is 1. The molecule has 2 heteroatoms. The van der Waals surface area contributed by atoms with Crippen LogP contribution in [-0.2, 0) is 4.79 Å². The Bertz CT molecular complexity index is 645. The molecule has 0 aliphatic heterocycles. The lowest BCUT2D eigenvalue weighted by molar-refractivity contribution is -0.125. The lowest BCUT2D eigenvalue weighted by Crippen LogP contribution is -2.34. The van der Waals surface area contributed by atoms with E-state index in [0.29, 0.717) is 11.7 Å². The molecular formula is C20H28NO+. The third-order valence-electron chi connectivity index (χ3n) is 6.35. The number of benzene rings is 1. The summed E-state index contributed by atoms with van der Waals surface area (Å²) in [6.45, 7) is 6.70. The highest BCUT2D eigenvalue weighted by atomic mass is 16.1. The summed E-state index contributed by atoms with van der Waals surface area (Å²) in [6, 6.07) is 8.61. The monoisotopic (exact) mass is 298 g/mol. The molecule has 2 aliphatic rings. The zero-order valence-electron chi connectivity index (χ0n) is 14.7. The summed E-state index contributed by atoms with van der Waals surface area (Å²) < 4.78 is 0.809. The minimum atomic E-state index is -0.161. The van der Waals surface area contributed by atoms with Gasteiger partial charge in [-0.1, -0.05) is 20.8 Å². The van der Waals surface area contributed by atoms with Crippen molar-refractivity contribution in [3.05, 3.63) is 35.4 Å². The van der Waals surface area contributed by atoms with Crippen LogP contribution >= 0.6 is 0 Å². The second-order valence-electron chi connectivity index (χ2n) is 8.68. The van der Waals surface area contributed by atoms with Gasteiger partial charge in [0, 0.05) is 5.41 Å². The molecule has 0 saturated heterocycles. The number of fused-ring (bicyclic) bond motifs is 2. The molecular weight excluding hydrogens is 270 g/mol. The molecule has 2 nitrogen and oxygen atoms in total. The van der Waals surface area contributed by atoms with Gasteiger partial charge < -0.3 is 0 Å². The van der Waals surface area contributed by atoms with Gasteiger partial charge in [-0.25, -0.2) is 0 Å². The van der Waals surface area contributed by atoms with Crippen molar-refractivity contribution in [1.82, 2.24) is 4.48 Å². The summed E-state index contributed by atoms with van der Waals surface area (Å²) in [4.78, 5) is 12.9. The third-order valence-corrected chi connectivity index (χ3v) is 6.35. The van der Waals surface area contributed by atoms with Gasteiger partial charge in [-0.15, -0.1) is 0 Å². The van der Waals surface area contributed by atoms with E-state index in [1.165, 1.54) is 5.69 Å². The first-order chi connectivity index (χ1) is 10.1. The van der Waals surface area contributed by atoms with Crippen LogP contribution < -0.4 is 4.48 Å². The predicted octanol–water partition coefficient (Wildman–Crippen LogP) is 4.29. The van der Waals surface area contributed by atoms with Gasteiger partial charge in [-0.05, 0) is 65.7 Å². The lowest BCUT2D eigenvalue weighted by Gasteiger charge is -2.31. The fourth-order valence-corrected chi connectivity index (χ4v) is 4.29. The molecule has 2 aliphatic carbocycles. The number of rotatable bonds is 2. The molecule has 2 saturated carbocycles. The number of ketones is 1. The molecule has 2 fully saturated rings. The van der Waals surface area contributed by atoms with Crippen LogP contribution in [-0.4, -0.2) is 26.9 Å². The second kappa shape index (κ2) is 4.55. The standard InChI is InChI=1S/C20H28NO/c1-19(2)17-11-12-20(19,3)18(22)16(17)13-14-7-9-15(10-8-14)21(4,5)6/h7-10,13,17H,11-12H2,1-6H3/q+1/b16-13-. The average Bonchev–Trinajstić information content (AvgIpc) is 2.73. The van der Waals surface area contributed by atoms with Crippen molar-refractivity contribution < 1.29 is 4.79 Å². The second-order valence-corrected chi connectivity index (χ2v) is 8.68. The fourth-order valence-electron chi connectivity index (χ4n) is 4.29. The van der Waals surface area contributed by atoms with Crippen LogP contribution in [0.3, 0.4) is 0 Å². The van der Waals surface area contributed by atoms with E-state index in [2.05, 4.69) is 72.3 Å². The van der Waals surface area contributed by atoms with E-state index in [4.69, 9.17) is 0 Å². The van der Waals surface area contributed by atoms with Crippen LogP contribution in [0.5, 0.6) is 0 Å². The van der Waals surface area contributed by atoms with Crippen molar-refractivity contribution in [3.63, 3.8) is 0 Å². The van der Waals surface area contributed by atoms with E-state index in [-0.39, 0.29) is 10.8 Å². The van der Waals surface area contributed by atoms with E-state index in [1.54, 1.807) is 0 Å². The largest absolute Gasteiger partial charge is 0.298 e. The summed E-state index contributed by atoms with van der Waals surface area (Å²) in [7, 11) is 6.49. The van der Waals surface area contributed by atoms with Gasteiger partial charge >= 0.3 is 0 Å². The third kappa shape index (κ3) is 2.00. The Kier molecular flexibility index (Phi) is 3.20. The Balaban J connectivity index is 1.96. The molecule has 22 heavy (non-hydrogen) atoms. The molecule has 0 heterocycles. The van der Waals surface area contributed by atoms with Crippen LogP contribution in [0.1, 0.15) is 39.2 Å². The molecule has 3 rings (SSSR count). The zero-order valence-corrected chi connectivity index (χ0v) is 14.7. The van der Waals surface area contributed by atoms with Crippen LogP contribution in [0, 0.1) is 16.7 Å². The quantitative estimate of drug-likeness (QED) is 0.588. The molecule has 118 valence electrons. The molecule has 0 spiro atoms. The number of Topliss-reactive ketones (excluding diaryl/α,β-unsaturated/α-hetero) is 1. The first-order valence-corrected chi connectivity index (χ1v) is 8.26. The lowest BCUT2D eigenvalue weighted by atomic mass is 9.70. The number of quaternary nitrogens is 1. The van der Waals surface area contributed by atoms with E-state index < -0.39 is 0 Å². The van der Waals surface area contributed by atoms with Gasteiger partial charge in [0.15, 0.2) is 5.78 Å². The highest BCUT2D eigenvalue weighted by Crippen LogP contribution is 2.65. The Morgan fingerprint density at radius 1 is 1.09 bits per heavy atom. The van der Waals surface area contributed by atoms with Crippen molar-refractivity contribution in [2.45, 2.75) is 33.6 Å². The molecule has 0 amide bonds. The van der Waals surface area contributed by atoms with Gasteiger partial charge in [0.1, 0.15) is 5.69 Å². The van der Waals surface area contributed by atoms with E-state index >= 15 is 0 Å². The minimum absolute atomic E-state index is 0.0954. The smallest absolute Gasteiger partial charge is 0.165 e. The molecule has 0 N–H and O–H groups in total. The van der Waals surface area contributed by atoms with Crippen LogP contribution in [0.2, 0.25) is 0 Å². The topological polar surface area (TPSA) is 17.1 Å². The molecule has 1 aromatic carbocycles. The fraction of sp³-hybridized carbons (Fsp3) is 0.550. The summed E-state index contributed by atoms with van der Waals surface area (Å²) in [5.74, 6) is 0.799. The minimum Gasteiger partial charge on any atom is -0.298 e. The predicted molar refractivity (Wildman–Crippen MR) is 93.6 cm³/mol. The van der Waals surface area contributed by atoms with Crippen molar-refractivity contribution >= 4 is 17.5 Å². The molecule has 2 bridgehead atoms. The van der Waals surface area contributed by atoms with Gasteiger partial charge in [-0.3, -0.25) is 9.28 Å². The van der Waals surface area contributed by atoms with E-state index in [9.17, 15) is 4.79 Å². The maximum atomic E-state index is 12.9. The summed E-state index contributed by atoms with van der Waals surface area (Å²) in [5.41, 5.74) is 3.40. The summed E-state index contributed by atoms with van der Waals surface area (Å²) in [5, 5.41) is 0. The van der Waals surface area contributed by atoms with Gasteiger partial charge in [0.05, 0.1) is 21.1 Å².